The Bertz CT molecular complexity index is 360. The molecule has 3 aliphatic heterocycles. The fourth-order valence-electron chi connectivity index (χ4n) is 3.90. The predicted octanol–water partition coefficient (Wildman–Crippen LogP) is 0.219. The second-order valence-electron chi connectivity index (χ2n) is 5.60. The molecule has 16 heavy (non-hydrogen) atoms. The second-order valence-corrected chi connectivity index (χ2v) is 5.60. The maximum Gasteiger partial charge on any atom is 0.198 e. The molecule has 1 aliphatic carbocycles. The Kier molecular flexibility index (Phi) is 1.51. The number of hydrogen-bond donors (Lipinski definition) is 1. The van der Waals surface area contributed by atoms with Gasteiger partial charge < -0.3 is 24.1 Å². The van der Waals surface area contributed by atoms with Gasteiger partial charge in [0.1, 0.15) is 5.60 Å². The molecule has 0 aromatic carbocycles. The van der Waals surface area contributed by atoms with Crippen molar-refractivity contribution in [2.75, 3.05) is 13.7 Å². The first-order valence-electron chi connectivity index (χ1n) is 5.79. The van der Waals surface area contributed by atoms with Crippen LogP contribution in [0, 0.1) is 11.8 Å². The fourth-order valence-corrected chi connectivity index (χ4v) is 3.90. The topological polar surface area (TPSA) is 57.2 Å². The highest BCUT2D eigenvalue weighted by Crippen LogP contribution is 2.64. The van der Waals surface area contributed by atoms with Crippen LogP contribution in [0.4, 0.5) is 0 Å². The molecule has 6 unspecified atom stereocenters. The molecule has 1 saturated carbocycles. The Hall–Kier alpha value is -0.200. The molecular formula is C11H16O5. The van der Waals surface area contributed by atoms with Crippen molar-refractivity contribution in [1.29, 1.82) is 0 Å². The molecule has 0 radical (unpaired) electrons. The van der Waals surface area contributed by atoms with E-state index in [2.05, 4.69) is 0 Å². The molecule has 6 atom stereocenters. The number of ether oxygens (including phenoxy) is 4. The Morgan fingerprint density at radius 2 is 2.19 bits per heavy atom. The van der Waals surface area contributed by atoms with Crippen LogP contribution in [0.2, 0.25) is 0 Å². The quantitative estimate of drug-likeness (QED) is 0.695. The van der Waals surface area contributed by atoms with Crippen molar-refractivity contribution in [2.24, 2.45) is 11.8 Å². The molecule has 90 valence electrons. The van der Waals surface area contributed by atoms with E-state index >= 15 is 0 Å². The minimum Gasteiger partial charge on any atom is -0.363 e. The van der Waals surface area contributed by atoms with Crippen LogP contribution in [-0.2, 0) is 18.9 Å². The van der Waals surface area contributed by atoms with E-state index in [0.717, 1.165) is 0 Å². The van der Waals surface area contributed by atoms with Gasteiger partial charge in [-0.3, -0.25) is 0 Å². The minimum atomic E-state index is -1.16. The summed E-state index contributed by atoms with van der Waals surface area (Å²) in [5.41, 5.74) is -0.709. The third-order valence-electron chi connectivity index (χ3n) is 4.89. The molecule has 0 aromatic rings. The van der Waals surface area contributed by atoms with E-state index in [9.17, 15) is 5.11 Å². The third kappa shape index (κ3) is 0.811. The average molecular weight is 228 g/mol. The SMILES string of the molecule is COC12CC3(C)OC4OC3(O)CC1C4CO2. The lowest BCUT2D eigenvalue weighted by Crippen LogP contribution is -2.63. The predicted molar refractivity (Wildman–Crippen MR) is 51.2 cm³/mol. The number of rotatable bonds is 1. The van der Waals surface area contributed by atoms with Crippen molar-refractivity contribution in [3.05, 3.63) is 0 Å². The number of methoxy groups -OCH3 is 1. The molecule has 3 bridgehead atoms. The molecule has 0 spiro atoms. The van der Waals surface area contributed by atoms with Gasteiger partial charge in [0.25, 0.3) is 0 Å². The summed E-state index contributed by atoms with van der Waals surface area (Å²) in [6.07, 6.45) is 0.733. The van der Waals surface area contributed by atoms with Gasteiger partial charge in [-0.25, -0.2) is 0 Å². The van der Waals surface area contributed by atoms with Crippen LogP contribution in [0.1, 0.15) is 19.8 Å². The van der Waals surface area contributed by atoms with E-state index in [1.165, 1.54) is 0 Å². The van der Waals surface area contributed by atoms with Crippen LogP contribution >= 0.6 is 0 Å². The van der Waals surface area contributed by atoms with Crippen LogP contribution in [0.25, 0.3) is 0 Å². The minimum absolute atomic E-state index is 0.178. The normalized spacial score (nSPS) is 66.6. The molecule has 0 aromatic heterocycles. The van der Waals surface area contributed by atoms with Crippen molar-refractivity contribution in [1.82, 2.24) is 0 Å². The van der Waals surface area contributed by atoms with Crippen LogP contribution in [0.3, 0.4) is 0 Å². The standard InChI is InChI=1S/C11H16O5/c1-9-5-10(13-2)7-3-11(9,12)16-8(15-9)6(7)4-14-10/h6-8,12H,3-5H2,1-2H3. The number of hydrogen-bond acceptors (Lipinski definition) is 5. The van der Waals surface area contributed by atoms with Gasteiger partial charge in [0.15, 0.2) is 17.9 Å². The van der Waals surface area contributed by atoms with Gasteiger partial charge in [0.05, 0.1) is 6.61 Å². The van der Waals surface area contributed by atoms with Crippen molar-refractivity contribution < 1.29 is 24.1 Å². The van der Waals surface area contributed by atoms with E-state index in [1.54, 1.807) is 7.11 Å². The maximum absolute atomic E-state index is 10.5. The van der Waals surface area contributed by atoms with Gasteiger partial charge in [-0.05, 0) is 6.92 Å². The van der Waals surface area contributed by atoms with Crippen LogP contribution in [0.5, 0.6) is 0 Å². The Morgan fingerprint density at radius 3 is 2.94 bits per heavy atom. The summed E-state index contributed by atoms with van der Waals surface area (Å²) in [6.45, 7) is 2.48. The highest BCUT2D eigenvalue weighted by atomic mass is 16.8. The third-order valence-corrected chi connectivity index (χ3v) is 4.89. The van der Waals surface area contributed by atoms with Crippen LogP contribution in [-0.4, -0.2) is 42.3 Å². The first-order valence-corrected chi connectivity index (χ1v) is 5.79. The summed E-state index contributed by atoms with van der Waals surface area (Å²) >= 11 is 0. The molecule has 5 nitrogen and oxygen atoms in total. The lowest BCUT2D eigenvalue weighted by atomic mass is 9.68. The Morgan fingerprint density at radius 1 is 1.38 bits per heavy atom. The molecular weight excluding hydrogens is 212 g/mol. The van der Waals surface area contributed by atoms with E-state index in [0.29, 0.717) is 19.4 Å². The summed E-state index contributed by atoms with van der Waals surface area (Å²) in [7, 11) is 1.67. The monoisotopic (exact) mass is 228 g/mol. The summed E-state index contributed by atoms with van der Waals surface area (Å²) in [6, 6.07) is 0. The van der Waals surface area contributed by atoms with Crippen molar-refractivity contribution in [3.8, 4) is 0 Å². The summed E-state index contributed by atoms with van der Waals surface area (Å²) in [4.78, 5) is 0. The van der Waals surface area contributed by atoms with Gasteiger partial charge in [0.2, 0.25) is 0 Å². The lowest BCUT2D eigenvalue weighted by molar-refractivity contribution is -0.327. The smallest absolute Gasteiger partial charge is 0.198 e. The van der Waals surface area contributed by atoms with Crippen LogP contribution < -0.4 is 0 Å². The molecule has 0 amide bonds. The Balaban J connectivity index is 1.88. The highest BCUT2D eigenvalue weighted by Gasteiger charge is 2.76. The summed E-state index contributed by atoms with van der Waals surface area (Å²) in [5.74, 6) is -1.37. The number of aliphatic hydroxyl groups is 1. The molecule has 4 fully saturated rings. The van der Waals surface area contributed by atoms with Gasteiger partial charge in [-0.2, -0.15) is 0 Å². The molecule has 5 heteroatoms. The van der Waals surface area contributed by atoms with Gasteiger partial charge in [-0.15, -0.1) is 0 Å². The average Bonchev–Trinajstić information content (AvgIpc) is 2.64. The number of fused-ring (bicyclic) bond motifs is 2. The molecule has 4 aliphatic rings. The largest absolute Gasteiger partial charge is 0.363 e. The maximum atomic E-state index is 10.5. The lowest BCUT2D eigenvalue weighted by Gasteiger charge is -2.50. The fraction of sp³-hybridized carbons (Fsp3) is 1.00. The Labute approximate surface area is 93.6 Å². The van der Waals surface area contributed by atoms with E-state index in [-0.39, 0.29) is 18.1 Å². The zero-order valence-corrected chi connectivity index (χ0v) is 9.43. The van der Waals surface area contributed by atoms with E-state index in [1.807, 2.05) is 6.92 Å². The molecule has 1 N–H and O–H groups in total. The molecule has 4 rings (SSSR count). The molecule has 3 saturated heterocycles. The van der Waals surface area contributed by atoms with E-state index in [4.69, 9.17) is 18.9 Å². The van der Waals surface area contributed by atoms with Gasteiger partial charge in [0, 0.05) is 31.8 Å². The molecule has 3 heterocycles. The van der Waals surface area contributed by atoms with Gasteiger partial charge >= 0.3 is 0 Å². The second kappa shape index (κ2) is 2.47. The van der Waals surface area contributed by atoms with Crippen molar-refractivity contribution in [2.45, 2.75) is 43.2 Å². The van der Waals surface area contributed by atoms with Crippen LogP contribution in [0.15, 0.2) is 0 Å². The van der Waals surface area contributed by atoms with Crippen molar-refractivity contribution >= 4 is 0 Å². The highest BCUT2D eigenvalue weighted by molar-refractivity contribution is 5.15. The zero-order valence-electron chi connectivity index (χ0n) is 9.43. The van der Waals surface area contributed by atoms with Crippen molar-refractivity contribution in [3.63, 3.8) is 0 Å². The first kappa shape index (κ1) is 9.79. The summed E-state index contributed by atoms with van der Waals surface area (Å²) < 4.78 is 23.0. The zero-order chi connectivity index (χ0) is 11.2. The van der Waals surface area contributed by atoms with E-state index < -0.39 is 17.2 Å². The van der Waals surface area contributed by atoms with Gasteiger partial charge in [-0.1, -0.05) is 0 Å². The first-order chi connectivity index (χ1) is 7.52. The summed E-state index contributed by atoms with van der Waals surface area (Å²) in [5, 5.41) is 10.5.